The fraction of sp³-hybridized carbons (Fsp3) is 0.909. The first-order chi connectivity index (χ1) is 8.25. The van der Waals surface area contributed by atoms with Gasteiger partial charge in [-0.1, -0.05) is 0 Å². The van der Waals surface area contributed by atoms with E-state index in [-0.39, 0.29) is 5.91 Å². The van der Waals surface area contributed by atoms with Gasteiger partial charge in [-0.15, -0.1) is 0 Å². The number of ether oxygens (including phenoxy) is 1. The Morgan fingerprint density at radius 1 is 1.12 bits per heavy atom. The first-order valence-electron chi connectivity index (χ1n) is 6.28. The summed E-state index contributed by atoms with van der Waals surface area (Å²) in [5.74, 6) is 0.199. The predicted octanol–water partition coefficient (Wildman–Crippen LogP) is -1.40. The van der Waals surface area contributed by atoms with Crippen LogP contribution in [0, 0.1) is 0 Å². The van der Waals surface area contributed by atoms with Crippen LogP contribution in [0.15, 0.2) is 0 Å². The maximum atomic E-state index is 11.9. The zero-order valence-corrected chi connectivity index (χ0v) is 10.5. The number of piperazine rings is 1. The molecule has 0 bridgehead atoms. The number of morpholine rings is 1. The quantitative estimate of drug-likeness (QED) is 0.659. The number of rotatable bonds is 3. The standard InChI is InChI=1S/C11H22N4O2/c1-13-2-4-14(5-3-13)11(16)10-12-15-6-8-17-9-7-15/h12H,2-10H2,1H3. The summed E-state index contributed by atoms with van der Waals surface area (Å²) in [4.78, 5) is 16.1. The smallest absolute Gasteiger partial charge is 0.238 e. The number of hydrogen-bond acceptors (Lipinski definition) is 5. The van der Waals surface area contributed by atoms with Gasteiger partial charge in [0.25, 0.3) is 0 Å². The minimum atomic E-state index is 0.199. The van der Waals surface area contributed by atoms with Crippen LogP contribution in [-0.4, -0.2) is 86.8 Å². The third-order valence-electron chi connectivity index (χ3n) is 3.32. The van der Waals surface area contributed by atoms with E-state index in [0.29, 0.717) is 6.54 Å². The summed E-state index contributed by atoms with van der Waals surface area (Å²) in [6.07, 6.45) is 0. The lowest BCUT2D eigenvalue weighted by molar-refractivity contribution is -0.133. The second kappa shape index (κ2) is 6.30. The van der Waals surface area contributed by atoms with Gasteiger partial charge in [-0.05, 0) is 7.05 Å². The molecule has 2 heterocycles. The van der Waals surface area contributed by atoms with Gasteiger partial charge in [-0.2, -0.15) is 0 Å². The van der Waals surface area contributed by atoms with Gasteiger partial charge in [0, 0.05) is 39.3 Å². The lowest BCUT2D eigenvalue weighted by atomic mass is 10.3. The van der Waals surface area contributed by atoms with E-state index in [4.69, 9.17) is 4.74 Å². The molecule has 1 N–H and O–H groups in total. The Morgan fingerprint density at radius 2 is 1.76 bits per heavy atom. The average Bonchev–Trinajstić information content (AvgIpc) is 2.38. The minimum Gasteiger partial charge on any atom is -0.379 e. The van der Waals surface area contributed by atoms with E-state index in [2.05, 4.69) is 22.4 Å². The molecular weight excluding hydrogens is 220 g/mol. The zero-order chi connectivity index (χ0) is 12.1. The molecule has 0 atom stereocenters. The first-order valence-corrected chi connectivity index (χ1v) is 6.28. The summed E-state index contributed by atoms with van der Waals surface area (Å²) >= 11 is 0. The molecule has 1 amide bonds. The Balaban J connectivity index is 1.66. The average molecular weight is 242 g/mol. The number of carbonyl (C=O) groups excluding carboxylic acids is 1. The Hall–Kier alpha value is -0.690. The number of nitrogens with zero attached hydrogens (tertiary/aromatic N) is 3. The summed E-state index contributed by atoms with van der Waals surface area (Å²) in [5, 5.41) is 2.07. The molecule has 6 heteroatoms. The van der Waals surface area contributed by atoms with E-state index in [9.17, 15) is 4.79 Å². The number of hydrogen-bond donors (Lipinski definition) is 1. The third-order valence-corrected chi connectivity index (χ3v) is 3.32. The van der Waals surface area contributed by atoms with Crippen LogP contribution in [-0.2, 0) is 9.53 Å². The van der Waals surface area contributed by atoms with E-state index in [1.165, 1.54) is 0 Å². The molecule has 2 aliphatic rings. The molecule has 0 radical (unpaired) electrons. The van der Waals surface area contributed by atoms with Crippen molar-refractivity contribution in [3.8, 4) is 0 Å². The molecular formula is C11H22N4O2. The van der Waals surface area contributed by atoms with Gasteiger partial charge in [0.2, 0.25) is 5.91 Å². The molecule has 2 aliphatic heterocycles. The van der Waals surface area contributed by atoms with Crippen molar-refractivity contribution in [1.82, 2.24) is 20.2 Å². The van der Waals surface area contributed by atoms with Gasteiger partial charge in [-0.3, -0.25) is 4.79 Å². The third kappa shape index (κ3) is 3.92. The SMILES string of the molecule is CN1CCN(C(=O)CNN2CCOCC2)CC1. The van der Waals surface area contributed by atoms with Crippen LogP contribution in [0.3, 0.4) is 0 Å². The summed E-state index contributed by atoms with van der Waals surface area (Å²) in [7, 11) is 2.09. The van der Waals surface area contributed by atoms with Gasteiger partial charge >= 0.3 is 0 Å². The van der Waals surface area contributed by atoms with Crippen molar-refractivity contribution in [3.05, 3.63) is 0 Å². The Morgan fingerprint density at radius 3 is 2.41 bits per heavy atom. The molecule has 0 spiro atoms. The topological polar surface area (TPSA) is 48.0 Å². The zero-order valence-electron chi connectivity index (χ0n) is 10.5. The molecule has 0 aliphatic carbocycles. The fourth-order valence-electron chi connectivity index (χ4n) is 2.07. The molecule has 98 valence electrons. The number of carbonyl (C=O) groups is 1. The van der Waals surface area contributed by atoms with E-state index < -0.39 is 0 Å². The summed E-state index contributed by atoms with van der Waals surface area (Å²) < 4.78 is 5.25. The highest BCUT2D eigenvalue weighted by Gasteiger charge is 2.19. The Kier molecular flexibility index (Phi) is 4.73. The first kappa shape index (κ1) is 12.8. The molecule has 2 fully saturated rings. The van der Waals surface area contributed by atoms with E-state index in [1.807, 2.05) is 4.90 Å². The summed E-state index contributed by atoms with van der Waals surface area (Å²) in [6, 6.07) is 0. The van der Waals surface area contributed by atoms with Crippen LogP contribution >= 0.6 is 0 Å². The monoisotopic (exact) mass is 242 g/mol. The van der Waals surface area contributed by atoms with Crippen molar-refractivity contribution in [3.63, 3.8) is 0 Å². The Bertz CT molecular complexity index is 248. The number of hydrazine groups is 1. The molecule has 0 aromatic carbocycles. The molecule has 0 unspecified atom stereocenters. The summed E-state index contributed by atoms with van der Waals surface area (Å²) in [6.45, 7) is 7.26. The Labute approximate surface area is 102 Å². The second-order valence-electron chi connectivity index (χ2n) is 4.62. The van der Waals surface area contributed by atoms with Crippen LogP contribution in [0.5, 0.6) is 0 Å². The molecule has 17 heavy (non-hydrogen) atoms. The van der Waals surface area contributed by atoms with Gasteiger partial charge < -0.3 is 14.5 Å². The van der Waals surface area contributed by atoms with Crippen molar-refractivity contribution in [2.75, 3.05) is 66.1 Å². The van der Waals surface area contributed by atoms with Gasteiger partial charge in [-0.25, -0.2) is 10.4 Å². The van der Waals surface area contributed by atoms with Gasteiger partial charge in [0.05, 0.1) is 19.8 Å². The van der Waals surface area contributed by atoms with Crippen LogP contribution in [0.1, 0.15) is 0 Å². The molecule has 0 aromatic heterocycles. The largest absolute Gasteiger partial charge is 0.379 e. The summed E-state index contributed by atoms with van der Waals surface area (Å²) in [5.41, 5.74) is 3.18. The van der Waals surface area contributed by atoms with E-state index in [0.717, 1.165) is 52.5 Å². The van der Waals surface area contributed by atoms with Crippen molar-refractivity contribution in [2.24, 2.45) is 0 Å². The van der Waals surface area contributed by atoms with E-state index >= 15 is 0 Å². The predicted molar refractivity (Wildman–Crippen MR) is 64.5 cm³/mol. The molecule has 2 saturated heterocycles. The molecule has 0 aromatic rings. The highest BCUT2D eigenvalue weighted by molar-refractivity contribution is 5.78. The maximum Gasteiger partial charge on any atom is 0.238 e. The lowest BCUT2D eigenvalue weighted by Gasteiger charge is -2.33. The van der Waals surface area contributed by atoms with Gasteiger partial charge in [0.1, 0.15) is 0 Å². The molecule has 2 rings (SSSR count). The van der Waals surface area contributed by atoms with Crippen molar-refractivity contribution in [2.45, 2.75) is 0 Å². The molecule has 6 nitrogen and oxygen atoms in total. The fourth-order valence-corrected chi connectivity index (χ4v) is 2.07. The highest BCUT2D eigenvalue weighted by atomic mass is 16.5. The maximum absolute atomic E-state index is 11.9. The van der Waals surface area contributed by atoms with Crippen LogP contribution in [0.2, 0.25) is 0 Å². The number of amides is 1. The van der Waals surface area contributed by atoms with Crippen LogP contribution in [0.25, 0.3) is 0 Å². The second-order valence-corrected chi connectivity index (χ2v) is 4.62. The van der Waals surface area contributed by atoms with Crippen molar-refractivity contribution in [1.29, 1.82) is 0 Å². The number of nitrogens with one attached hydrogen (secondary N) is 1. The normalized spacial score (nSPS) is 23.9. The van der Waals surface area contributed by atoms with E-state index in [1.54, 1.807) is 0 Å². The lowest BCUT2D eigenvalue weighted by Crippen LogP contribution is -2.53. The minimum absolute atomic E-state index is 0.199. The van der Waals surface area contributed by atoms with Gasteiger partial charge in [0.15, 0.2) is 0 Å². The van der Waals surface area contributed by atoms with Crippen LogP contribution < -0.4 is 5.43 Å². The highest BCUT2D eigenvalue weighted by Crippen LogP contribution is 1.99. The number of likely N-dealkylation sites (N-methyl/N-ethyl adjacent to an activating group) is 1. The van der Waals surface area contributed by atoms with Crippen molar-refractivity contribution >= 4 is 5.91 Å². The molecule has 0 saturated carbocycles. The van der Waals surface area contributed by atoms with Crippen molar-refractivity contribution < 1.29 is 9.53 Å². The van der Waals surface area contributed by atoms with Crippen LogP contribution in [0.4, 0.5) is 0 Å².